The SMILES string of the molecule is O=c1oc(-c2ccccc2)c(-c2ccccc2)cc1Cl. The Morgan fingerprint density at radius 1 is 0.800 bits per heavy atom. The van der Waals surface area contributed by atoms with Gasteiger partial charge in [-0.3, -0.25) is 0 Å². The Balaban J connectivity index is 2.29. The van der Waals surface area contributed by atoms with Crippen LogP contribution in [0.5, 0.6) is 0 Å². The lowest BCUT2D eigenvalue weighted by molar-refractivity contribution is 0.528. The highest BCUT2D eigenvalue weighted by atomic mass is 35.5. The molecule has 0 radical (unpaired) electrons. The van der Waals surface area contributed by atoms with Gasteiger partial charge < -0.3 is 4.42 Å². The van der Waals surface area contributed by atoms with Gasteiger partial charge in [-0.05, 0) is 11.6 Å². The zero-order valence-corrected chi connectivity index (χ0v) is 11.3. The van der Waals surface area contributed by atoms with Crippen molar-refractivity contribution < 1.29 is 4.42 Å². The first-order chi connectivity index (χ1) is 9.75. The van der Waals surface area contributed by atoms with E-state index >= 15 is 0 Å². The molecule has 2 nitrogen and oxygen atoms in total. The van der Waals surface area contributed by atoms with Crippen molar-refractivity contribution in [1.82, 2.24) is 0 Å². The van der Waals surface area contributed by atoms with Crippen molar-refractivity contribution in [1.29, 1.82) is 0 Å². The van der Waals surface area contributed by atoms with E-state index in [1.165, 1.54) is 0 Å². The van der Waals surface area contributed by atoms with Crippen molar-refractivity contribution in [2.45, 2.75) is 0 Å². The van der Waals surface area contributed by atoms with Gasteiger partial charge in [0.05, 0.1) is 0 Å². The van der Waals surface area contributed by atoms with E-state index < -0.39 is 5.63 Å². The third-order valence-electron chi connectivity index (χ3n) is 3.03. The molecule has 0 saturated carbocycles. The van der Waals surface area contributed by atoms with Crippen LogP contribution in [-0.4, -0.2) is 0 Å². The first-order valence-electron chi connectivity index (χ1n) is 6.20. The van der Waals surface area contributed by atoms with E-state index in [2.05, 4.69) is 0 Å². The Kier molecular flexibility index (Phi) is 3.40. The summed E-state index contributed by atoms with van der Waals surface area (Å²) in [5.41, 5.74) is 2.09. The smallest absolute Gasteiger partial charge is 0.355 e. The first-order valence-corrected chi connectivity index (χ1v) is 6.58. The summed E-state index contributed by atoms with van der Waals surface area (Å²) < 4.78 is 5.39. The van der Waals surface area contributed by atoms with Crippen LogP contribution in [-0.2, 0) is 0 Å². The van der Waals surface area contributed by atoms with Crippen molar-refractivity contribution in [3.05, 3.63) is 82.2 Å². The summed E-state index contributed by atoms with van der Waals surface area (Å²) in [4.78, 5) is 11.7. The highest BCUT2D eigenvalue weighted by Gasteiger charge is 2.13. The Bertz CT molecular complexity index is 777. The minimum absolute atomic E-state index is 0.0866. The van der Waals surface area contributed by atoms with Crippen molar-refractivity contribution in [3.8, 4) is 22.5 Å². The fourth-order valence-electron chi connectivity index (χ4n) is 2.08. The third kappa shape index (κ3) is 2.38. The lowest BCUT2D eigenvalue weighted by Crippen LogP contribution is -2.01. The highest BCUT2D eigenvalue weighted by Crippen LogP contribution is 2.32. The van der Waals surface area contributed by atoms with Crippen molar-refractivity contribution in [3.63, 3.8) is 0 Å². The second-order valence-electron chi connectivity index (χ2n) is 4.36. The van der Waals surface area contributed by atoms with Gasteiger partial charge in [-0.15, -0.1) is 0 Å². The summed E-state index contributed by atoms with van der Waals surface area (Å²) in [7, 11) is 0. The number of benzene rings is 2. The maximum atomic E-state index is 11.7. The molecule has 0 spiro atoms. The van der Waals surface area contributed by atoms with Crippen LogP contribution in [0, 0.1) is 0 Å². The Hall–Kier alpha value is -2.32. The maximum Gasteiger partial charge on any atom is 0.355 e. The van der Waals surface area contributed by atoms with E-state index in [4.69, 9.17) is 16.0 Å². The molecule has 0 aliphatic carbocycles. The molecule has 0 atom stereocenters. The number of hydrogen-bond acceptors (Lipinski definition) is 2. The molecule has 0 aliphatic rings. The molecule has 0 amide bonds. The fourth-order valence-corrected chi connectivity index (χ4v) is 2.23. The minimum Gasteiger partial charge on any atom is -0.421 e. The Morgan fingerprint density at radius 3 is 1.95 bits per heavy atom. The molecule has 20 heavy (non-hydrogen) atoms. The van der Waals surface area contributed by atoms with Crippen molar-refractivity contribution in [2.75, 3.05) is 0 Å². The van der Waals surface area contributed by atoms with Gasteiger partial charge in [-0.2, -0.15) is 0 Å². The molecule has 0 aliphatic heterocycles. The Morgan fingerprint density at radius 2 is 1.35 bits per heavy atom. The van der Waals surface area contributed by atoms with Gasteiger partial charge in [0.1, 0.15) is 10.8 Å². The van der Waals surface area contributed by atoms with Crippen LogP contribution in [0.2, 0.25) is 5.02 Å². The molecule has 3 rings (SSSR count). The van der Waals surface area contributed by atoms with Crippen LogP contribution in [0.4, 0.5) is 0 Å². The molecule has 98 valence electrons. The summed E-state index contributed by atoms with van der Waals surface area (Å²) in [5, 5.41) is 0.0866. The van der Waals surface area contributed by atoms with E-state index in [1.54, 1.807) is 6.07 Å². The minimum atomic E-state index is -0.523. The van der Waals surface area contributed by atoms with Crippen molar-refractivity contribution >= 4 is 11.6 Å². The fraction of sp³-hybridized carbons (Fsp3) is 0. The van der Waals surface area contributed by atoms with Gasteiger partial charge in [0.15, 0.2) is 0 Å². The summed E-state index contributed by atoms with van der Waals surface area (Å²) in [5.74, 6) is 0.534. The molecule has 3 heteroatoms. The van der Waals surface area contributed by atoms with Crippen molar-refractivity contribution in [2.24, 2.45) is 0 Å². The summed E-state index contributed by atoms with van der Waals surface area (Å²) >= 11 is 5.92. The van der Waals surface area contributed by atoms with E-state index in [1.807, 2.05) is 60.7 Å². The molecule has 1 aromatic heterocycles. The molecule has 0 saturated heterocycles. The van der Waals surface area contributed by atoms with E-state index in [-0.39, 0.29) is 5.02 Å². The van der Waals surface area contributed by atoms with Crippen LogP contribution < -0.4 is 5.63 Å². The van der Waals surface area contributed by atoms with Crippen LogP contribution >= 0.6 is 11.6 Å². The molecule has 3 aromatic rings. The first kappa shape index (κ1) is 12.7. The predicted molar refractivity (Wildman–Crippen MR) is 80.9 cm³/mol. The maximum absolute atomic E-state index is 11.7. The van der Waals surface area contributed by atoms with E-state index in [0.717, 1.165) is 16.7 Å². The summed E-state index contributed by atoms with van der Waals surface area (Å²) in [6, 6.07) is 20.9. The quantitative estimate of drug-likeness (QED) is 0.686. The van der Waals surface area contributed by atoms with Gasteiger partial charge in [0.25, 0.3) is 0 Å². The average Bonchev–Trinajstić information content (AvgIpc) is 2.51. The third-order valence-corrected chi connectivity index (χ3v) is 3.29. The lowest BCUT2D eigenvalue weighted by atomic mass is 10.0. The van der Waals surface area contributed by atoms with Gasteiger partial charge in [-0.1, -0.05) is 72.3 Å². The van der Waals surface area contributed by atoms with E-state index in [9.17, 15) is 4.79 Å². The van der Waals surface area contributed by atoms with E-state index in [0.29, 0.717) is 5.76 Å². The molecule has 0 unspecified atom stereocenters. The summed E-state index contributed by atoms with van der Waals surface area (Å²) in [6.45, 7) is 0. The van der Waals surface area contributed by atoms with Gasteiger partial charge in [-0.25, -0.2) is 4.79 Å². The largest absolute Gasteiger partial charge is 0.421 e. The average molecular weight is 283 g/mol. The number of rotatable bonds is 2. The molecule has 1 heterocycles. The standard InChI is InChI=1S/C17H11ClO2/c18-15-11-14(12-7-3-1-4-8-12)16(20-17(15)19)13-9-5-2-6-10-13/h1-11H. The number of halogens is 1. The van der Waals surface area contributed by atoms with Gasteiger partial charge in [0.2, 0.25) is 0 Å². The molecule has 2 aromatic carbocycles. The monoisotopic (exact) mass is 282 g/mol. The second-order valence-corrected chi connectivity index (χ2v) is 4.76. The topological polar surface area (TPSA) is 30.2 Å². The van der Waals surface area contributed by atoms with Crippen LogP contribution in [0.3, 0.4) is 0 Å². The van der Waals surface area contributed by atoms with Gasteiger partial charge >= 0.3 is 5.63 Å². The summed E-state index contributed by atoms with van der Waals surface area (Å²) in [6.07, 6.45) is 0. The van der Waals surface area contributed by atoms with Crippen LogP contribution in [0.25, 0.3) is 22.5 Å². The van der Waals surface area contributed by atoms with Crippen LogP contribution in [0.1, 0.15) is 0 Å². The highest BCUT2D eigenvalue weighted by molar-refractivity contribution is 6.30. The predicted octanol–water partition coefficient (Wildman–Crippen LogP) is 4.63. The van der Waals surface area contributed by atoms with Gasteiger partial charge in [0, 0.05) is 11.1 Å². The number of hydrogen-bond donors (Lipinski definition) is 0. The lowest BCUT2D eigenvalue weighted by Gasteiger charge is -2.08. The molecule has 0 N–H and O–H groups in total. The Labute approximate surface area is 121 Å². The normalized spacial score (nSPS) is 10.4. The molecular formula is C17H11ClO2. The second kappa shape index (κ2) is 5.35. The zero-order chi connectivity index (χ0) is 13.9. The zero-order valence-electron chi connectivity index (χ0n) is 10.5. The molecular weight excluding hydrogens is 272 g/mol. The molecule has 0 fully saturated rings. The molecule has 0 bridgehead atoms. The van der Waals surface area contributed by atoms with Crippen LogP contribution in [0.15, 0.2) is 75.9 Å².